The van der Waals surface area contributed by atoms with Crippen molar-refractivity contribution < 1.29 is 0 Å². The van der Waals surface area contributed by atoms with Crippen molar-refractivity contribution in [3.8, 4) is 39.1 Å². The first-order valence-electron chi connectivity index (χ1n) is 22.0. The van der Waals surface area contributed by atoms with Crippen molar-refractivity contribution in [3.63, 3.8) is 0 Å². The van der Waals surface area contributed by atoms with Gasteiger partial charge in [-0.25, -0.2) is 0 Å². The van der Waals surface area contributed by atoms with Crippen LogP contribution in [0.25, 0.3) is 66.4 Å². The van der Waals surface area contributed by atoms with Crippen LogP contribution < -0.4 is 4.90 Å². The van der Waals surface area contributed by atoms with E-state index in [-0.39, 0.29) is 11.8 Å². The lowest BCUT2D eigenvalue weighted by Gasteiger charge is -2.27. The highest BCUT2D eigenvalue weighted by molar-refractivity contribution is 6.12. The molecule has 1 aromatic heterocycles. The maximum atomic E-state index is 2.48. The molecule has 0 bridgehead atoms. The molecule has 0 saturated carbocycles. The van der Waals surface area contributed by atoms with Gasteiger partial charge in [0.25, 0.3) is 0 Å². The Kier molecular flexibility index (Phi) is 9.95. The second-order valence-electron chi connectivity index (χ2n) is 16.6. The first kappa shape index (κ1) is 38.0. The van der Waals surface area contributed by atoms with Crippen LogP contribution in [0.4, 0.5) is 17.1 Å². The topological polar surface area (TPSA) is 8.17 Å². The summed E-state index contributed by atoms with van der Waals surface area (Å²) in [6, 6.07) is 83.4. The van der Waals surface area contributed by atoms with Crippen molar-refractivity contribution in [2.24, 2.45) is 5.92 Å². The Balaban J connectivity index is 0.956. The second kappa shape index (κ2) is 16.5. The predicted molar refractivity (Wildman–Crippen MR) is 267 cm³/mol. The molecule has 0 aliphatic heterocycles. The number of benzene rings is 9. The van der Waals surface area contributed by atoms with E-state index in [2.05, 4.69) is 265 Å². The number of nitrogens with zero attached hydrogens (tertiary/aromatic N) is 2. The molecular formula is C61H46N2. The van der Waals surface area contributed by atoms with Crippen LogP contribution in [0.3, 0.4) is 0 Å². The quantitative estimate of drug-likeness (QED) is 0.141. The van der Waals surface area contributed by atoms with Crippen LogP contribution in [0.1, 0.15) is 24.0 Å². The number of allylic oxidation sites excluding steroid dienone is 4. The number of para-hydroxylation sites is 2. The zero-order chi connectivity index (χ0) is 42.1. The molecule has 0 spiro atoms. The zero-order valence-electron chi connectivity index (χ0n) is 35.2. The zero-order valence-corrected chi connectivity index (χ0v) is 35.2. The molecule has 63 heavy (non-hydrogen) atoms. The first-order valence-corrected chi connectivity index (χ1v) is 22.0. The van der Waals surface area contributed by atoms with Crippen LogP contribution in [0.2, 0.25) is 0 Å². The minimum absolute atomic E-state index is 0.180. The average molecular weight is 807 g/mol. The van der Waals surface area contributed by atoms with Crippen LogP contribution in [0.15, 0.2) is 249 Å². The lowest BCUT2D eigenvalue weighted by Crippen LogP contribution is -2.12. The van der Waals surface area contributed by atoms with E-state index < -0.39 is 0 Å². The minimum Gasteiger partial charge on any atom is -0.311 e. The Morgan fingerprint density at radius 3 is 1.37 bits per heavy atom. The molecule has 11 rings (SSSR count). The molecule has 0 radical (unpaired) electrons. The SMILES string of the molecule is CC1C=C(c2ccc(N(c3ccc(-c4ccccc4)cc3)c3ccc(-c4ccccc4)cc3)cc2)C=CC1c1cc(-c2ccccc2)cc2c3ccccc3n(-c3ccccc3)c12. The fraction of sp³-hybridized carbons (Fsp3) is 0.0492. The minimum atomic E-state index is 0.180. The molecule has 0 N–H and O–H groups in total. The highest BCUT2D eigenvalue weighted by Gasteiger charge is 2.26. The van der Waals surface area contributed by atoms with Gasteiger partial charge in [-0.15, -0.1) is 0 Å². The third-order valence-electron chi connectivity index (χ3n) is 12.7. The third kappa shape index (κ3) is 7.26. The summed E-state index contributed by atoms with van der Waals surface area (Å²) in [6.45, 7) is 2.37. The number of hydrogen-bond acceptors (Lipinski definition) is 1. The Morgan fingerprint density at radius 2 is 0.841 bits per heavy atom. The van der Waals surface area contributed by atoms with Crippen LogP contribution in [-0.2, 0) is 0 Å². The van der Waals surface area contributed by atoms with Gasteiger partial charge in [-0.05, 0) is 123 Å². The molecule has 2 unspecified atom stereocenters. The number of rotatable bonds is 9. The van der Waals surface area contributed by atoms with Crippen LogP contribution in [0.5, 0.6) is 0 Å². The maximum Gasteiger partial charge on any atom is 0.0579 e. The smallest absolute Gasteiger partial charge is 0.0579 e. The highest BCUT2D eigenvalue weighted by Crippen LogP contribution is 2.45. The fourth-order valence-electron chi connectivity index (χ4n) is 9.55. The normalized spacial score (nSPS) is 14.8. The van der Waals surface area contributed by atoms with Crippen molar-refractivity contribution in [2.45, 2.75) is 12.8 Å². The van der Waals surface area contributed by atoms with Gasteiger partial charge >= 0.3 is 0 Å². The van der Waals surface area contributed by atoms with Crippen LogP contribution in [0, 0.1) is 5.92 Å². The van der Waals surface area contributed by atoms with E-state index in [1.807, 2.05) is 0 Å². The predicted octanol–water partition coefficient (Wildman–Crippen LogP) is 16.6. The molecule has 2 nitrogen and oxygen atoms in total. The molecular weight excluding hydrogens is 761 g/mol. The van der Waals surface area contributed by atoms with Crippen LogP contribution >= 0.6 is 0 Å². The molecule has 0 saturated heterocycles. The molecule has 2 atom stereocenters. The monoisotopic (exact) mass is 806 g/mol. The molecule has 1 heterocycles. The van der Waals surface area contributed by atoms with Gasteiger partial charge in [-0.2, -0.15) is 0 Å². The molecule has 10 aromatic rings. The van der Waals surface area contributed by atoms with E-state index in [0.29, 0.717) is 0 Å². The van der Waals surface area contributed by atoms with E-state index in [4.69, 9.17) is 0 Å². The van der Waals surface area contributed by atoms with Gasteiger partial charge < -0.3 is 9.47 Å². The average Bonchev–Trinajstić information content (AvgIpc) is 3.70. The lowest BCUT2D eigenvalue weighted by atomic mass is 9.79. The first-order chi connectivity index (χ1) is 31.2. The van der Waals surface area contributed by atoms with Crippen molar-refractivity contribution >= 4 is 44.4 Å². The van der Waals surface area contributed by atoms with Crippen molar-refractivity contribution in [1.82, 2.24) is 4.57 Å². The van der Waals surface area contributed by atoms with Gasteiger partial charge in [0.2, 0.25) is 0 Å². The van der Waals surface area contributed by atoms with Gasteiger partial charge in [0.1, 0.15) is 0 Å². The van der Waals surface area contributed by atoms with Crippen LogP contribution in [-0.4, -0.2) is 4.57 Å². The summed E-state index contributed by atoms with van der Waals surface area (Å²) >= 11 is 0. The molecule has 300 valence electrons. The number of anilines is 3. The molecule has 1 aliphatic carbocycles. The molecule has 0 fully saturated rings. The number of hydrogen-bond donors (Lipinski definition) is 0. The fourth-order valence-corrected chi connectivity index (χ4v) is 9.55. The van der Waals surface area contributed by atoms with Gasteiger partial charge in [-0.3, -0.25) is 0 Å². The maximum absolute atomic E-state index is 2.48. The largest absolute Gasteiger partial charge is 0.311 e. The van der Waals surface area contributed by atoms with E-state index in [1.54, 1.807) is 0 Å². The van der Waals surface area contributed by atoms with Gasteiger partial charge in [-0.1, -0.05) is 189 Å². The summed E-state index contributed by atoms with van der Waals surface area (Å²) in [5.41, 5.74) is 18.1. The molecule has 0 amide bonds. The number of fused-ring (bicyclic) bond motifs is 3. The van der Waals surface area contributed by atoms with E-state index >= 15 is 0 Å². The van der Waals surface area contributed by atoms with Gasteiger partial charge in [0.05, 0.1) is 11.0 Å². The van der Waals surface area contributed by atoms with E-state index in [0.717, 1.165) is 17.1 Å². The van der Waals surface area contributed by atoms with Crippen molar-refractivity contribution in [2.75, 3.05) is 4.90 Å². The molecule has 9 aromatic carbocycles. The number of aromatic nitrogens is 1. The summed E-state index contributed by atoms with van der Waals surface area (Å²) in [4.78, 5) is 2.36. The Bertz CT molecular complexity index is 3150. The standard InChI is InChI=1S/C61H46N2/c1-43-40-50(32-39-56(43)58-41-51(46-20-10-4-11-21-46)42-59-57-24-14-15-25-60(57)63(61(58)59)52-22-12-5-13-23-52)49-30-37-55(38-31-49)62(53-33-26-47(27-34-53)44-16-6-2-7-17-44)54-35-28-48(29-36-54)45-18-8-3-9-19-45/h2-43,56H,1H3. The van der Waals surface area contributed by atoms with Crippen molar-refractivity contribution in [3.05, 3.63) is 260 Å². The molecule has 2 heteroatoms. The van der Waals surface area contributed by atoms with E-state index in [9.17, 15) is 0 Å². The lowest BCUT2D eigenvalue weighted by molar-refractivity contribution is 0.640. The van der Waals surface area contributed by atoms with Gasteiger partial charge in [0.15, 0.2) is 0 Å². The summed E-state index contributed by atoms with van der Waals surface area (Å²) in [6.07, 6.45) is 7.26. The van der Waals surface area contributed by atoms with Crippen molar-refractivity contribution in [1.29, 1.82) is 0 Å². The summed E-state index contributed by atoms with van der Waals surface area (Å²) in [7, 11) is 0. The van der Waals surface area contributed by atoms with Gasteiger partial charge in [0, 0.05) is 39.4 Å². The van der Waals surface area contributed by atoms with E-state index in [1.165, 1.54) is 77.6 Å². The second-order valence-corrected chi connectivity index (χ2v) is 16.6. The summed E-state index contributed by atoms with van der Waals surface area (Å²) in [5.74, 6) is 0.433. The third-order valence-corrected chi connectivity index (χ3v) is 12.7. The summed E-state index contributed by atoms with van der Waals surface area (Å²) in [5, 5.41) is 2.55. The highest BCUT2D eigenvalue weighted by atomic mass is 15.1. The Labute approximate surface area is 370 Å². The molecule has 1 aliphatic rings. The Hall–Kier alpha value is -7.94. The Morgan fingerprint density at radius 1 is 0.397 bits per heavy atom. The summed E-state index contributed by atoms with van der Waals surface area (Å²) < 4.78 is 2.48.